The lowest BCUT2D eigenvalue weighted by atomic mass is 10.0. The van der Waals surface area contributed by atoms with E-state index < -0.39 is 11.7 Å². The van der Waals surface area contributed by atoms with Gasteiger partial charge in [0.05, 0.1) is 5.56 Å². The summed E-state index contributed by atoms with van der Waals surface area (Å²) < 4.78 is 38.0. The number of ketones is 1. The molecule has 1 aromatic rings. The highest BCUT2D eigenvalue weighted by molar-refractivity contribution is 5.82. The van der Waals surface area contributed by atoms with Gasteiger partial charge in [0, 0.05) is 5.92 Å². The molecule has 0 unspecified atom stereocenters. The second-order valence-corrected chi connectivity index (χ2v) is 4.14. The van der Waals surface area contributed by atoms with Gasteiger partial charge in [-0.25, -0.2) is 0 Å². The van der Waals surface area contributed by atoms with Crippen molar-refractivity contribution in [3.63, 3.8) is 0 Å². The quantitative estimate of drug-likeness (QED) is 0.758. The molecule has 0 saturated heterocycles. The number of rotatable bonds is 2. The number of carbonyl (C=O) groups is 1. The highest BCUT2D eigenvalue weighted by atomic mass is 19.4. The average molecular weight is 228 g/mol. The molecule has 1 fully saturated rings. The summed E-state index contributed by atoms with van der Waals surface area (Å²) in [6.07, 6.45) is -3.79. The maximum absolute atomic E-state index is 12.7. The molecule has 2 atom stereocenters. The Morgan fingerprint density at radius 1 is 1.31 bits per heavy atom. The fourth-order valence-electron chi connectivity index (χ4n) is 2.07. The summed E-state index contributed by atoms with van der Waals surface area (Å²) in [4.78, 5) is 11.1. The third-order valence-electron chi connectivity index (χ3n) is 2.98. The van der Waals surface area contributed by atoms with Crippen molar-refractivity contribution in [2.45, 2.75) is 25.4 Å². The predicted molar refractivity (Wildman–Crippen MR) is 53.0 cm³/mol. The van der Waals surface area contributed by atoms with Crippen molar-refractivity contribution in [2.24, 2.45) is 5.92 Å². The van der Waals surface area contributed by atoms with E-state index in [1.54, 1.807) is 6.07 Å². The largest absolute Gasteiger partial charge is 0.416 e. The first-order valence-corrected chi connectivity index (χ1v) is 5.08. The number of alkyl halides is 3. The molecule has 0 aliphatic heterocycles. The summed E-state index contributed by atoms with van der Waals surface area (Å²) in [5.74, 6) is -0.485. The number of benzene rings is 1. The monoisotopic (exact) mass is 228 g/mol. The average Bonchev–Trinajstić information content (AvgIpc) is 2.95. The Balaban J connectivity index is 2.33. The van der Waals surface area contributed by atoms with Gasteiger partial charge in [-0.1, -0.05) is 18.2 Å². The molecule has 16 heavy (non-hydrogen) atoms. The van der Waals surface area contributed by atoms with Gasteiger partial charge in [-0.2, -0.15) is 13.2 Å². The van der Waals surface area contributed by atoms with Crippen LogP contribution in [0.15, 0.2) is 24.3 Å². The normalized spacial score (nSPS) is 24.2. The molecule has 0 N–H and O–H groups in total. The summed E-state index contributed by atoms with van der Waals surface area (Å²) in [5.41, 5.74) is -0.348. The molecule has 0 amide bonds. The van der Waals surface area contributed by atoms with Gasteiger partial charge in [-0.05, 0) is 30.9 Å². The summed E-state index contributed by atoms with van der Waals surface area (Å²) in [6.45, 7) is 1.43. The highest BCUT2D eigenvalue weighted by Gasteiger charge is 2.46. The lowest BCUT2D eigenvalue weighted by Crippen LogP contribution is -2.09. The van der Waals surface area contributed by atoms with Crippen LogP contribution in [-0.2, 0) is 11.0 Å². The Kier molecular flexibility index (Phi) is 2.52. The zero-order chi connectivity index (χ0) is 11.9. The first kappa shape index (κ1) is 11.2. The van der Waals surface area contributed by atoms with Gasteiger partial charge in [0.15, 0.2) is 0 Å². The Labute approximate surface area is 91.3 Å². The Hall–Kier alpha value is -1.32. The minimum Gasteiger partial charge on any atom is -0.300 e. The number of halogens is 3. The van der Waals surface area contributed by atoms with E-state index in [0.717, 1.165) is 6.07 Å². The van der Waals surface area contributed by atoms with Crippen molar-refractivity contribution >= 4 is 5.78 Å². The van der Waals surface area contributed by atoms with Gasteiger partial charge in [-0.3, -0.25) is 4.79 Å². The number of Topliss-reactive ketones (excluding diaryl/α,β-unsaturated/α-hetero) is 1. The van der Waals surface area contributed by atoms with Gasteiger partial charge in [0.1, 0.15) is 5.78 Å². The van der Waals surface area contributed by atoms with Crippen LogP contribution in [0.2, 0.25) is 0 Å². The zero-order valence-electron chi connectivity index (χ0n) is 8.71. The molecule has 2 rings (SSSR count). The third-order valence-corrected chi connectivity index (χ3v) is 2.98. The van der Waals surface area contributed by atoms with E-state index >= 15 is 0 Å². The van der Waals surface area contributed by atoms with Crippen LogP contribution >= 0.6 is 0 Å². The van der Waals surface area contributed by atoms with Crippen LogP contribution in [0.5, 0.6) is 0 Å². The molecule has 1 nitrogen and oxygen atoms in total. The molecule has 0 radical (unpaired) electrons. The van der Waals surface area contributed by atoms with E-state index in [2.05, 4.69) is 0 Å². The lowest BCUT2D eigenvalue weighted by Gasteiger charge is -2.11. The molecule has 86 valence electrons. The molecular weight excluding hydrogens is 217 g/mol. The predicted octanol–water partition coefficient (Wildman–Crippen LogP) is 3.40. The van der Waals surface area contributed by atoms with Crippen molar-refractivity contribution in [1.82, 2.24) is 0 Å². The number of hydrogen-bond acceptors (Lipinski definition) is 1. The topological polar surface area (TPSA) is 17.1 Å². The molecule has 0 heterocycles. The number of hydrogen-bond donors (Lipinski definition) is 0. The zero-order valence-corrected chi connectivity index (χ0v) is 8.71. The molecular formula is C12H11F3O. The van der Waals surface area contributed by atoms with Crippen molar-refractivity contribution in [2.75, 3.05) is 0 Å². The first-order valence-electron chi connectivity index (χ1n) is 5.08. The van der Waals surface area contributed by atoms with Crippen LogP contribution in [0.25, 0.3) is 0 Å². The maximum Gasteiger partial charge on any atom is 0.416 e. The van der Waals surface area contributed by atoms with Gasteiger partial charge >= 0.3 is 6.18 Å². The fourth-order valence-corrected chi connectivity index (χ4v) is 2.07. The summed E-state index contributed by atoms with van der Waals surface area (Å²) >= 11 is 0. The Morgan fingerprint density at radius 2 is 1.94 bits per heavy atom. The van der Waals surface area contributed by atoms with Crippen LogP contribution in [0.1, 0.15) is 30.4 Å². The highest BCUT2D eigenvalue weighted by Crippen LogP contribution is 2.51. The second-order valence-electron chi connectivity index (χ2n) is 4.14. The minimum atomic E-state index is -4.33. The molecule has 0 spiro atoms. The smallest absolute Gasteiger partial charge is 0.300 e. The molecule has 1 saturated carbocycles. The van der Waals surface area contributed by atoms with Gasteiger partial charge < -0.3 is 0 Å². The molecule has 1 aliphatic carbocycles. The van der Waals surface area contributed by atoms with Gasteiger partial charge in [0.25, 0.3) is 0 Å². The van der Waals surface area contributed by atoms with E-state index in [1.807, 2.05) is 0 Å². The Morgan fingerprint density at radius 3 is 2.44 bits per heavy atom. The third kappa shape index (κ3) is 1.96. The SMILES string of the molecule is CC(=O)[C@@H]1C[C@H]1c1ccccc1C(F)(F)F. The second kappa shape index (κ2) is 3.61. The van der Waals surface area contributed by atoms with E-state index in [4.69, 9.17) is 0 Å². The first-order chi connectivity index (χ1) is 7.41. The van der Waals surface area contributed by atoms with Gasteiger partial charge in [0.2, 0.25) is 0 Å². The van der Waals surface area contributed by atoms with E-state index in [-0.39, 0.29) is 23.2 Å². The van der Waals surface area contributed by atoms with Crippen LogP contribution in [-0.4, -0.2) is 5.78 Å². The lowest BCUT2D eigenvalue weighted by molar-refractivity contribution is -0.138. The minimum absolute atomic E-state index is 0.0259. The summed E-state index contributed by atoms with van der Waals surface area (Å²) in [5, 5.41) is 0. The van der Waals surface area contributed by atoms with Crippen molar-refractivity contribution < 1.29 is 18.0 Å². The van der Waals surface area contributed by atoms with E-state index in [0.29, 0.717) is 6.42 Å². The molecule has 4 heteroatoms. The van der Waals surface area contributed by atoms with Crippen molar-refractivity contribution in [3.05, 3.63) is 35.4 Å². The van der Waals surface area contributed by atoms with E-state index in [1.165, 1.54) is 19.1 Å². The van der Waals surface area contributed by atoms with Gasteiger partial charge in [-0.15, -0.1) is 0 Å². The van der Waals surface area contributed by atoms with Crippen molar-refractivity contribution in [3.8, 4) is 0 Å². The van der Waals surface area contributed by atoms with Crippen LogP contribution in [0.4, 0.5) is 13.2 Å². The van der Waals surface area contributed by atoms with Crippen LogP contribution in [0.3, 0.4) is 0 Å². The summed E-state index contributed by atoms with van der Waals surface area (Å²) in [6, 6.07) is 5.50. The van der Waals surface area contributed by atoms with Crippen LogP contribution in [0, 0.1) is 5.92 Å². The molecule has 0 bridgehead atoms. The Bertz CT molecular complexity index is 423. The fraction of sp³-hybridized carbons (Fsp3) is 0.417. The summed E-state index contributed by atoms with van der Waals surface area (Å²) in [7, 11) is 0. The van der Waals surface area contributed by atoms with Crippen molar-refractivity contribution in [1.29, 1.82) is 0 Å². The standard InChI is InChI=1S/C12H11F3O/c1-7(16)9-6-10(9)8-4-2-3-5-11(8)12(13,14)15/h2-5,9-10H,6H2,1H3/t9-,10-/m0/s1. The maximum atomic E-state index is 12.7. The van der Waals surface area contributed by atoms with E-state index in [9.17, 15) is 18.0 Å². The number of carbonyl (C=O) groups excluding carboxylic acids is 1. The molecule has 1 aromatic carbocycles. The van der Waals surface area contributed by atoms with Crippen LogP contribution < -0.4 is 0 Å². The molecule has 0 aromatic heterocycles. The molecule has 1 aliphatic rings.